The van der Waals surface area contributed by atoms with Crippen LogP contribution >= 0.6 is 15.9 Å². The van der Waals surface area contributed by atoms with Crippen molar-refractivity contribution < 1.29 is 0 Å². The Bertz CT molecular complexity index is 540. The minimum atomic E-state index is 0.804. The van der Waals surface area contributed by atoms with E-state index in [4.69, 9.17) is 5.73 Å². The van der Waals surface area contributed by atoms with Gasteiger partial charge in [-0.05, 0) is 52.2 Å². The Morgan fingerprint density at radius 1 is 1.00 bits per heavy atom. The number of anilines is 1. The summed E-state index contributed by atoms with van der Waals surface area (Å²) in [5.41, 5.74) is 9.37. The van der Waals surface area contributed by atoms with Gasteiger partial charge in [-0.1, -0.05) is 43.3 Å². The lowest BCUT2D eigenvalue weighted by Gasteiger charge is -2.22. The second-order valence-corrected chi connectivity index (χ2v) is 5.91. The van der Waals surface area contributed by atoms with Crippen LogP contribution in [0.1, 0.15) is 24.5 Å². The summed E-state index contributed by atoms with van der Waals surface area (Å²) in [4.78, 5) is 2.46. The molecule has 0 bridgehead atoms. The quantitative estimate of drug-likeness (QED) is 0.792. The van der Waals surface area contributed by atoms with Gasteiger partial charge in [-0.25, -0.2) is 0 Å². The molecule has 0 spiro atoms. The van der Waals surface area contributed by atoms with Gasteiger partial charge in [0.1, 0.15) is 0 Å². The molecule has 0 aliphatic heterocycles. The molecule has 20 heavy (non-hydrogen) atoms. The number of nitrogens with zero attached hydrogens (tertiary/aromatic N) is 1. The highest BCUT2D eigenvalue weighted by atomic mass is 79.9. The van der Waals surface area contributed by atoms with Gasteiger partial charge in [0.15, 0.2) is 0 Å². The van der Waals surface area contributed by atoms with Crippen LogP contribution in [-0.2, 0) is 13.1 Å². The predicted octanol–water partition coefficient (Wildman–Crippen LogP) is 4.44. The summed E-state index contributed by atoms with van der Waals surface area (Å²) in [6, 6.07) is 16.8. The molecule has 0 saturated heterocycles. The van der Waals surface area contributed by atoms with E-state index in [0.29, 0.717) is 0 Å². The number of halogens is 1. The highest BCUT2D eigenvalue weighted by molar-refractivity contribution is 9.10. The molecule has 106 valence electrons. The van der Waals surface area contributed by atoms with Crippen molar-refractivity contribution >= 4 is 21.6 Å². The minimum Gasteiger partial charge on any atom is -0.398 e. The Morgan fingerprint density at radius 2 is 1.70 bits per heavy atom. The maximum Gasteiger partial charge on any atom is 0.0461 e. The van der Waals surface area contributed by atoms with Gasteiger partial charge in [-0.2, -0.15) is 0 Å². The van der Waals surface area contributed by atoms with E-state index in [9.17, 15) is 0 Å². The van der Waals surface area contributed by atoms with E-state index in [2.05, 4.69) is 70.2 Å². The van der Waals surface area contributed by atoms with Crippen LogP contribution in [0.15, 0.2) is 53.0 Å². The van der Waals surface area contributed by atoms with Gasteiger partial charge in [0, 0.05) is 23.2 Å². The smallest absolute Gasteiger partial charge is 0.0461 e. The Morgan fingerprint density at radius 3 is 2.35 bits per heavy atom. The first-order valence-corrected chi connectivity index (χ1v) is 7.78. The Kier molecular flexibility index (Phi) is 5.62. The van der Waals surface area contributed by atoms with E-state index in [0.717, 1.165) is 36.2 Å². The van der Waals surface area contributed by atoms with E-state index in [1.165, 1.54) is 11.1 Å². The van der Waals surface area contributed by atoms with Crippen LogP contribution in [-0.4, -0.2) is 11.4 Å². The van der Waals surface area contributed by atoms with Crippen molar-refractivity contribution in [2.75, 3.05) is 12.3 Å². The first-order chi connectivity index (χ1) is 9.69. The normalized spacial score (nSPS) is 10.9. The zero-order valence-corrected chi connectivity index (χ0v) is 13.4. The van der Waals surface area contributed by atoms with Gasteiger partial charge < -0.3 is 5.73 Å². The van der Waals surface area contributed by atoms with Gasteiger partial charge >= 0.3 is 0 Å². The van der Waals surface area contributed by atoms with E-state index >= 15 is 0 Å². The number of nitrogen functional groups attached to an aromatic ring is 1. The number of rotatable bonds is 6. The second kappa shape index (κ2) is 7.46. The average Bonchev–Trinajstić information content (AvgIpc) is 2.44. The molecular formula is C17H21BrN2. The maximum absolute atomic E-state index is 5.96. The molecule has 0 amide bonds. The van der Waals surface area contributed by atoms with Crippen LogP contribution in [0.5, 0.6) is 0 Å². The first-order valence-electron chi connectivity index (χ1n) is 6.99. The van der Waals surface area contributed by atoms with Crippen molar-refractivity contribution in [2.45, 2.75) is 26.4 Å². The number of hydrogen-bond donors (Lipinski definition) is 1. The van der Waals surface area contributed by atoms with E-state index in [-0.39, 0.29) is 0 Å². The summed E-state index contributed by atoms with van der Waals surface area (Å²) in [7, 11) is 0. The fourth-order valence-corrected chi connectivity index (χ4v) is 2.57. The van der Waals surface area contributed by atoms with Gasteiger partial charge in [-0.15, -0.1) is 0 Å². The van der Waals surface area contributed by atoms with Gasteiger partial charge in [0.2, 0.25) is 0 Å². The lowest BCUT2D eigenvalue weighted by molar-refractivity contribution is 0.257. The molecular weight excluding hydrogens is 312 g/mol. The molecule has 2 aromatic carbocycles. The van der Waals surface area contributed by atoms with Crippen molar-refractivity contribution in [1.82, 2.24) is 4.90 Å². The monoisotopic (exact) mass is 332 g/mol. The molecule has 2 nitrogen and oxygen atoms in total. The summed E-state index contributed by atoms with van der Waals surface area (Å²) >= 11 is 3.44. The van der Waals surface area contributed by atoms with Gasteiger partial charge in [0.05, 0.1) is 0 Å². The standard InChI is InChI=1S/C17H21BrN2/c1-2-10-20(12-14-6-4-3-5-7-14)13-15-8-9-16(18)17(19)11-15/h3-9,11H,2,10,12-13,19H2,1H3. The number of hydrogen-bond acceptors (Lipinski definition) is 2. The molecule has 2 rings (SSSR count). The molecule has 0 aromatic heterocycles. The third-order valence-electron chi connectivity index (χ3n) is 3.26. The molecule has 0 atom stereocenters. The van der Waals surface area contributed by atoms with Crippen molar-refractivity contribution in [3.05, 3.63) is 64.1 Å². The Labute approximate surface area is 129 Å². The molecule has 3 heteroatoms. The Hall–Kier alpha value is -1.32. The molecule has 0 heterocycles. The summed E-state index contributed by atoms with van der Waals surface area (Å²) in [5, 5.41) is 0. The molecule has 0 unspecified atom stereocenters. The van der Waals surface area contributed by atoms with E-state index in [1.807, 2.05) is 6.07 Å². The number of nitrogens with two attached hydrogens (primary N) is 1. The number of benzene rings is 2. The van der Waals surface area contributed by atoms with Crippen LogP contribution < -0.4 is 5.73 Å². The molecule has 2 N–H and O–H groups in total. The summed E-state index contributed by atoms with van der Waals surface area (Å²) < 4.78 is 0.964. The molecule has 0 radical (unpaired) electrons. The average molecular weight is 333 g/mol. The minimum absolute atomic E-state index is 0.804. The molecule has 0 aliphatic rings. The van der Waals surface area contributed by atoms with Crippen molar-refractivity contribution in [3.63, 3.8) is 0 Å². The summed E-state index contributed by atoms with van der Waals surface area (Å²) in [5.74, 6) is 0. The zero-order chi connectivity index (χ0) is 14.4. The van der Waals surface area contributed by atoms with Gasteiger partial charge in [-0.3, -0.25) is 4.90 Å². The Balaban J connectivity index is 2.06. The van der Waals surface area contributed by atoms with Crippen LogP contribution in [0, 0.1) is 0 Å². The molecule has 2 aromatic rings. The summed E-state index contributed by atoms with van der Waals surface area (Å²) in [6.07, 6.45) is 1.15. The van der Waals surface area contributed by atoms with Crippen LogP contribution in [0.3, 0.4) is 0 Å². The maximum atomic E-state index is 5.96. The molecule has 0 fully saturated rings. The van der Waals surface area contributed by atoms with Crippen molar-refractivity contribution in [3.8, 4) is 0 Å². The third-order valence-corrected chi connectivity index (χ3v) is 3.98. The lowest BCUT2D eigenvalue weighted by Crippen LogP contribution is -2.23. The summed E-state index contributed by atoms with van der Waals surface area (Å²) in [6.45, 7) is 5.21. The highest BCUT2D eigenvalue weighted by Gasteiger charge is 2.07. The van der Waals surface area contributed by atoms with Crippen LogP contribution in [0.4, 0.5) is 5.69 Å². The van der Waals surface area contributed by atoms with E-state index < -0.39 is 0 Å². The first kappa shape index (κ1) is 15.1. The topological polar surface area (TPSA) is 29.3 Å². The van der Waals surface area contributed by atoms with Crippen LogP contribution in [0.2, 0.25) is 0 Å². The molecule has 0 saturated carbocycles. The van der Waals surface area contributed by atoms with Gasteiger partial charge in [0.25, 0.3) is 0 Å². The van der Waals surface area contributed by atoms with Crippen LogP contribution in [0.25, 0.3) is 0 Å². The van der Waals surface area contributed by atoms with Crippen molar-refractivity contribution in [2.24, 2.45) is 0 Å². The predicted molar refractivity (Wildman–Crippen MR) is 89.4 cm³/mol. The lowest BCUT2D eigenvalue weighted by atomic mass is 10.1. The second-order valence-electron chi connectivity index (χ2n) is 5.05. The largest absolute Gasteiger partial charge is 0.398 e. The zero-order valence-electron chi connectivity index (χ0n) is 11.8. The fraction of sp³-hybridized carbons (Fsp3) is 0.294. The third kappa shape index (κ3) is 4.36. The van der Waals surface area contributed by atoms with E-state index in [1.54, 1.807) is 0 Å². The SMILES string of the molecule is CCCN(Cc1ccccc1)Cc1ccc(Br)c(N)c1. The van der Waals surface area contributed by atoms with Crippen molar-refractivity contribution in [1.29, 1.82) is 0 Å². The molecule has 0 aliphatic carbocycles. The fourth-order valence-electron chi connectivity index (χ4n) is 2.32. The highest BCUT2D eigenvalue weighted by Crippen LogP contribution is 2.21.